The van der Waals surface area contributed by atoms with E-state index in [1.54, 1.807) is 5.56 Å². The molecule has 0 saturated carbocycles. The molecule has 2 aromatic rings. The van der Waals surface area contributed by atoms with Crippen molar-refractivity contribution in [1.82, 2.24) is 0 Å². The smallest absolute Gasteiger partial charge is 0.0832 e. The maximum atomic E-state index is 9.63. The van der Waals surface area contributed by atoms with Gasteiger partial charge in [-0.3, -0.25) is 0 Å². The average molecular weight is 393 g/mol. The maximum absolute atomic E-state index is 9.63. The fourth-order valence-electron chi connectivity index (χ4n) is 5.10. The first kappa shape index (κ1) is 20.6. The third-order valence-corrected chi connectivity index (χ3v) is 6.76. The summed E-state index contributed by atoms with van der Waals surface area (Å²) in [6.07, 6.45) is 6.74. The maximum Gasteiger partial charge on any atom is 0.0832 e. The molecule has 2 aliphatic rings. The number of hydrogen-bond donors (Lipinski definition) is 1. The molecule has 4 rings (SSSR count). The molecule has 1 aliphatic heterocycles. The third kappa shape index (κ3) is 4.59. The Morgan fingerprint density at radius 2 is 1.79 bits per heavy atom. The second kappa shape index (κ2) is 8.24. The summed E-state index contributed by atoms with van der Waals surface area (Å²) >= 11 is 0. The lowest BCUT2D eigenvalue weighted by Gasteiger charge is -2.34. The molecule has 1 aliphatic carbocycles. The van der Waals surface area contributed by atoms with E-state index in [4.69, 9.17) is 4.74 Å². The van der Waals surface area contributed by atoms with Crippen LogP contribution in [0.15, 0.2) is 36.4 Å². The Balaban J connectivity index is 1.62. The highest BCUT2D eigenvalue weighted by Gasteiger charge is 2.29. The quantitative estimate of drug-likeness (QED) is 0.700. The van der Waals surface area contributed by atoms with Crippen molar-refractivity contribution >= 4 is 0 Å². The predicted molar refractivity (Wildman–Crippen MR) is 120 cm³/mol. The summed E-state index contributed by atoms with van der Waals surface area (Å²) in [5, 5.41) is 9.63. The molecule has 0 radical (unpaired) electrons. The molecule has 1 fully saturated rings. The number of aliphatic hydroxyl groups is 1. The molecule has 0 amide bonds. The van der Waals surface area contributed by atoms with Crippen LogP contribution in [0, 0.1) is 5.92 Å². The molecule has 29 heavy (non-hydrogen) atoms. The van der Waals surface area contributed by atoms with Crippen LogP contribution in [0.5, 0.6) is 0 Å². The summed E-state index contributed by atoms with van der Waals surface area (Å²) in [6, 6.07) is 14.0. The van der Waals surface area contributed by atoms with Crippen molar-refractivity contribution in [3.8, 4) is 0 Å². The van der Waals surface area contributed by atoms with Gasteiger partial charge in [0.05, 0.1) is 18.8 Å². The van der Waals surface area contributed by atoms with Gasteiger partial charge < -0.3 is 9.84 Å². The largest absolute Gasteiger partial charge is 0.394 e. The Bertz CT molecular complexity index is 844. The number of aryl methyl sites for hydroxylation is 1. The Hall–Kier alpha value is -1.64. The van der Waals surface area contributed by atoms with Crippen molar-refractivity contribution in [3.63, 3.8) is 0 Å². The fraction of sp³-hybridized carbons (Fsp3) is 0.556. The third-order valence-electron chi connectivity index (χ3n) is 6.76. The fourth-order valence-corrected chi connectivity index (χ4v) is 5.10. The summed E-state index contributed by atoms with van der Waals surface area (Å²) in [5.41, 5.74) is 8.84. The summed E-state index contributed by atoms with van der Waals surface area (Å²) in [5.74, 6) is 0.590. The van der Waals surface area contributed by atoms with Gasteiger partial charge in [0, 0.05) is 0 Å². The van der Waals surface area contributed by atoms with Crippen LogP contribution in [0.25, 0.3) is 0 Å². The van der Waals surface area contributed by atoms with E-state index in [0.29, 0.717) is 5.92 Å². The summed E-state index contributed by atoms with van der Waals surface area (Å²) < 4.78 is 6.26. The standard InChI is InChI=1S/C27H36O2/c1-18-12-24(17-28)29-26(13-18)22-15-20-6-5-7-25(20)21(16-22)14-19-8-10-23(11-9-19)27(2,3)4/h8-11,15-16,18,24,26,28H,5-7,12-14,17H2,1-4H3. The van der Waals surface area contributed by atoms with E-state index in [1.165, 1.54) is 47.1 Å². The number of fused-ring (bicyclic) bond motifs is 1. The Morgan fingerprint density at radius 1 is 1.03 bits per heavy atom. The van der Waals surface area contributed by atoms with Gasteiger partial charge in [0.25, 0.3) is 0 Å². The molecule has 3 atom stereocenters. The molecule has 0 spiro atoms. The first-order chi connectivity index (χ1) is 13.8. The molecule has 0 bridgehead atoms. The minimum atomic E-state index is -0.0228. The van der Waals surface area contributed by atoms with Crippen molar-refractivity contribution in [3.05, 3.63) is 69.8 Å². The van der Waals surface area contributed by atoms with Crippen molar-refractivity contribution in [2.75, 3.05) is 6.61 Å². The lowest BCUT2D eigenvalue weighted by atomic mass is 9.85. The topological polar surface area (TPSA) is 29.5 Å². The van der Waals surface area contributed by atoms with E-state index < -0.39 is 0 Å². The molecule has 0 aromatic heterocycles. The first-order valence-electron chi connectivity index (χ1n) is 11.3. The number of benzene rings is 2. The van der Waals surface area contributed by atoms with Gasteiger partial charge >= 0.3 is 0 Å². The molecule has 156 valence electrons. The van der Waals surface area contributed by atoms with Gasteiger partial charge in [-0.05, 0) is 83.2 Å². The highest BCUT2D eigenvalue weighted by molar-refractivity contribution is 5.45. The van der Waals surface area contributed by atoms with Crippen LogP contribution in [0.1, 0.15) is 86.4 Å². The molecule has 2 aromatic carbocycles. The lowest BCUT2D eigenvalue weighted by Crippen LogP contribution is -2.29. The molecule has 2 nitrogen and oxygen atoms in total. The zero-order chi connectivity index (χ0) is 20.6. The molecular formula is C27H36O2. The van der Waals surface area contributed by atoms with Crippen LogP contribution in [0.4, 0.5) is 0 Å². The number of aliphatic hydroxyl groups excluding tert-OH is 1. The molecule has 1 saturated heterocycles. The van der Waals surface area contributed by atoms with Crippen LogP contribution < -0.4 is 0 Å². The van der Waals surface area contributed by atoms with Gasteiger partial charge in [-0.2, -0.15) is 0 Å². The van der Waals surface area contributed by atoms with E-state index in [0.717, 1.165) is 19.3 Å². The summed E-state index contributed by atoms with van der Waals surface area (Å²) in [6.45, 7) is 9.21. The second-order valence-electron chi connectivity index (χ2n) is 10.3. The van der Waals surface area contributed by atoms with Crippen LogP contribution in [-0.2, 0) is 29.4 Å². The van der Waals surface area contributed by atoms with Crippen molar-refractivity contribution < 1.29 is 9.84 Å². The molecule has 2 heteroatoms. The normalized spacial score (nSPS) is 24.5. The van der Waals surface area contributed by atoms with E-state index in [9.17, 15) is 5.11 Å². The lowest BCUT2D eigenvalue weighted by molar-refractivity contribution is -0.0900. The SMILES string of the molecule is CC1CC(CO)OC(c2cc3c(c(Cc4ccc(C(C)(C)C)cc4)c2)CCC3)C1. The van der Waals surface area contributed by atoms with E-state index >= 15 is 0 Å². The van der Waals surface area contributed by atoms with Gasteiger partial charge in [-0.25, -0.2) is 0 Å². The van der Waals surface area contributed by atoms with E-state index in [-0.39, 0.29) is 24.2 Å². The van der Waals surface area contributed by atoms with Crippen molar-refractivity contribution in [1.29, 1.82) is 0 Å². The van der Waals surface area contributed by atoms with E-state index in [2.05, 4.69) is 64.1 Å². The Labute approximate surface area is 176 Å². The summed E-state index contributed by atoms with van der Waals surface area (Å²) in [7, 11) is 0. The molecular weight excluding hydrogens is 356 g/mol. The molecule has 1 heterocycles. The van der Waals surface area contributed by atoms with Crippen LogP contribution in [0.3, 0.4) is 0 Å². The van der Waals surface area contributed by atoms with Crippen LogP contribution >= 0.6 is 0 Å². The van der Waals surface area contributed by atoms with Gasteiger partial charge in [0.1, 0.15) is 0 Å². The van der Waals surface area contributed by atoms with Crippen LogP contribution in [0.2, 0.25) is 0 Å². The average Bonchev–Trinajstić information content (AvgIpc) is 3.16. The number of rotatable bonds is 4. The zero-order valence-corrected chi connectivity index (χ0v) is 18.5. The van der Waals surface area contributed by atoms with Gasteiger partial charge in [0.2, 0.25) is 0 Å². The summed E-state index contributed by atoms with van der Waals surface area (Å²) in [4.78, 5) is 0. The molecule has 3 unspecified atom stereocenters. The minimum absolute atomic E-state index is 0.0228. The molecule has 1 N–H and O–H groups in total. The Morgan fingerprint density at radius 3 is 2.48 bits per heavy atom. The van der Waals surface area contributed by atoms with Gasteiger partial charge in [0.15, 0.2) is 0 Å². The second-order valence-corrected chi connectivity index (χ2v) is 10.3. The zero-order valence-electron chi connectivity index (χ0n) is 18.5. The monoisotopic (exact) mass is 392 g/mol. The van der Waals surface area contributed by atoms with Gasteiger partial charge in [-0.1, -0.05) is 64.1 Å². The van der Waals surface area contributed by atoms with Crippen molar-refractivity contribution in [2.45, 2.75) is 83.8 Å². The highest BCUT2D eigenvalue weighted by atomic mass is 16.5. The van der Waals surface area contributed by atoms with Crippen LogP contribution in [-0.4, -0.2) is 17.8 Å². The number of hydrogen-bond acceptors (Lipinski definition) is 2. The first-order valence-corrected chi connectivity index (χ1v) is 11.3. The predicted octanol–water partition coefficient (Wildman–Crippen LogP) is 5.91. The number of ether oxygens (including phenoxy) is 1. The van der Waals surface area contributed by atoms with E-state index in [1.807, 2.05) is 0 Å². The minimum Gasteiger partial charge on any atom is -0.394 e. The van der Waals surface area contributed by atoms with Gasteiger partial charge in [-0.15, -0.1) is 0 Å². The van der Waals surface area contributed by atoms with Crippen molar-refractivity contribution in [2.24, 2.45) is 5.92 Å². The highest BCUT2D eigenvalue weighted by Crippen LogP contribution is 2.38. The Kier molecular flexibility index (Phi) is 5.86.